The number of nitrogens with zero attached hydrogens (tertiary/aromatic N) is 2. The first kappa shape index (κ1) is 12.9. The third kappa shape index (κ3) is 2.37. The summed E-state index contributed by atoms with van der Waals surface area (Å²) in [6.07, 6.45) is 3.08. The van der Waals surface area contributed by atoms with Crippen LogP contribution in [0, 0.1) is 5.41 Å². The van der Waals surface area contributed by atoms with Gasteiger partial charge < -0.3 is 0 Å². The molecule has 98 valence electrons. The maximum atomic E-state index is 12.1. The molecule has 3 rings (SSSR count). The Balaban J connectivity index is 2.10. The lowest BCUT2D eigenvalue weighted by Crippen LogP contribution is -2.28. The fraction of sp³-hybridized carbons (Fsp3) is 0.357. The smallest absolute Gasteiger partial charge is 0.170 e. The molecule has 0 aromatic carbocycles. The largest absolute Gasteiger partial charge is 0.294 e. The summed E-state index contributed by atoms with van der Waals surface area (Å²) in [6.45, 7) is 4.22. The average molecular weight is 337 g/mol. The maximum absolute atomic E-state index is 12.1. The molecular weight excluding hydrogens is 324 g/mol. The van der Waals surface area contributed by atoms with Crippen molar-refractivity contribution in [2.75, 3.05) is 0 Å². The number of carbonyl (C=O) groups is 1. The van der Waals surface area contributed by atoms with Crippen LogP contribution in [0.4, 0.5) is 0 Å². The van der Waals surface area contributed by atoms with Crippen LogP contribution in [-0.2, 0) is 6.42 Å². The molecule has 0 atom stereocenters. The molecular formula is C14H13BrN2OS. The van der Waals surface area contributed by atoms with Crippen molar-refractivity contribution in [1.29, 1.82) is 0 Å². The average Bonchev–Trinajstić information content (AvgIpc) is 2.73. The highest BCUT2D eigenvalue weighted by molar-refractivity contribution is 9.10. The van der Waals surface area contributed by atoms with Crippen molar-refractivity contribution in [3.05, 3.63) is 33.4 Å². The van der Waals surface area contributed by atoms with E-state index in [0.717, 1.165) is 21.5 Å². The summed E-state index contributed by atoms with van der Waals surface area (Å²) in [4.78, 5) is 22.0. The number of hydrogen-bond donors (Lipinski definition) is 0. The Morgan fingerprint density at radius 3 is 2.84 bits per heavy atom. The van der Waals surface area contributed by atoms with E-state index in [0.29, 0.717) is 17.8 Å². The van der Waals surface area contributed by atoms with E-state index in [1.165, 1.54) is 0 Å². The van der Waals surface area contributed by atoms with Crippen LogP contribution < -0.4 is 0 Å². The molecule has 0 N–H and O–H groups in total. The number of aromatic nitrogens is 2. The molecule has 0 saturated carbocycles. The summed E-state index contributed by atoms with van der Waals surface area (Å²) in [5.41, 5.74) is 1.56. The fourth-order valence-electron chi connectivity index (χ4n) is 2.39. The van der Waals surface area contributed by atoms with E-state index in [1.54, 1.807) is 17.5 Å². The van der Waals surface area contributed by atoms with Gasteiger partial charge >= 0.3 is 0 Å². The van der Waals surface area contributed by atoms with Crippen LogP contribution in [0.25, 0.3) is 10.7 Å². The third-order valence-corrected chi connectivity index (χ3v) is 5.11. The minimum Gasteiger partial charge on any atom is -0.294 e. The van der Waals surface area contributed by atoms with Gasteiger partial charge in [0.2, 0.25) is 0 Å². The summed E-state index contributed by atoms with van der Waals surface area (Å²) in [6, 6.07) is 1.98. The molecule has 2 aromatic rings. The Hall–Kier alpha value is -1.07. The van der Waals surface area contributed by atoms with Crippen LogP contribution in [0.2, 0.25) is 0 Å². The van der Waals surface area contributed by atoms with E-state index in [-0.39, 0.29) is 11.2 Å². The van der Waals surface area contributed by atoms with Gasteiger partial charge in [-0.25, -0.2) is 9.97 Å². The highest BCUT2D eigenvalue weighted by atomic mass is 79.9. The Morgan fingerprint density at radius 2 is 2.16 bits per heavy atom. The minimum atomic E-state index is -0.0115. The molecule has 1 aliphatic rings. The van der Waals surface area contributed by atoms with Gasteiger partial charge in [-0.3, -0.25) is 4.79 Å². The number of thiophene rings is 1. The third-order valence-electron chi connectivity index (χ3n) is 3.27. The second-order valence-electron chi connectivity index (χ2n) is 5.59. The lowest BCUT2D eigenvalue weighted by atomic mass is 9.76. The van der Waals surface area contributed by atoms with E-state index in [9.17, 15) is 4.79 Å². The summed E-state index contributed by atoms with van der Waals surface area (Å²) in [5, 5.41) is 2.00. The van der Waals surface area contributed by atoms with Gasteiger partial charge in [-0.05, 0) is 39.2 Å². The lowest BCUT2D eigenvalue weighted by Gasteiger charge is -2.29. The van der Waals surface area contributed by atoms with Crippen LogP contribution in [-0.4, -0.2) is 15.8 Å². The maximum Gasteiger partial charge on any atom is 0.170 e. The molecule has 2 aromatic heterocycles. The fourth-order valence-corrected chi connectivity index (χ4v) is 3.88. The molecule has 0 bridgehead atoms. The van der Waals surface area contributed by atoms with Crippen LogP contribution >= 0.6 is 27.3 Å². The molecule has 19 heavy (non-hydrogen) atoms. The van der Waals surface area contributed by atoms with E-state index in [2.05, 4.69) is 39.7 Å². The SMILES string of the molecule is CC1(C)CC(=O)c2cnc(-c3sccc3Br)nc2C1. The molecule has 5 heteroatoms. The van der Waals surface area contributed by atoms with E-state index >= 15 is 0 Å². The second-order valence-corrected chi connectivity index (χ2v) is 7.36. The number of Topliss-reactive ketones (excluding diaryl/α,β-unsaturated/α-hetero) is 1. The zero-order valence-electron chi connectivity index (χ0n) is 10.7. The molecule has 3 nitrogen and oxygen atoms in total. The first-order valence-electron chi connectivity index (χ1n) is 6.09. The van der Waals surface area contributed by atoms with Gasteiger partial charge in [-0.1, -0.05) is 13.8 Å². The first-order chi connectivity index (χ1) is 8.96. The number of halogens is 1. The quantitative estimate of drug-likeness (QED) is 0.786. The Labute approximate surface area is 124 Å². The van der Waals surface area contributed by atoms with Gasteiger partial charge in [0, 0.05) is 17.1 Å². The van der Waals surface area contributed by atoms with Crippen LogP contribution in [0.1, 0.15) is 36.3 Å². The van der Waals surface area contributed by atoms with Crippen LogP contribution in [0.5, 0.6) is 0 Å². The highest BCUT2D eigenvalue weighted by Gasteiger charge is 2.32. The van der Waals surface area contributed by atoms with Crippen molar-refractivity contribution in [3.8, 4) is 10.7 Å². The monoisotopic (exact) mass is 336 g/mol. The molecule has 2 heterocycles. The molecule has 0 spiro atoms. The molecule has 0 unspecified atom stereocenters. The predicted octanol–water partition coefficient (Wildman–Crippen LogP) is 4.12. The van der Waals surface area contributed by atoms with Crippen molar-refractivity contribution >= 4 is 33.0 Å². The topological polar surface area (TPSA) is 42.9 Å². The normalized spacial score (nSPS) is 17.3. The van der Waals surface area contributed by atoms with Gasteiger partial charge in [-0.15, -0.1) is 11.3 Å². The summed E-state index contributed by atoms with van der Waals surface area (Å²) in [7, 11) is 0. The summed E-state index contributed by atoms with van der Waals surface area (Å²) in [5.74, 6) is 0.856. The zero-order chi connectivity index (χ0) is 13.6. The Kier molecular flexibility index (Phi) is 3.06. The number of ketones is 1. The van der Waals surface area contributed by atoms with Crippen LogP contribution in [0.15, 0.2) is 22.1 Å². The van der Waals surface area contributed by atoms with E-state index < -0.39 is 0 Å². The van der Waals surface area contributed by atoms with Crippen molar-refractivity contribution in [2.24, 2.45) is 5.41 Å². The van der Waals surface area contributed by atoms with Gasteiger partial charge in [0.05, 0.1) is 16.1 Å². The van der Waals surface area contributed by atoms with Crippen molar-refractivity contribution in [2.45, 2.75) is 26.7 Å². The number of carbonyl (C=O) groups excluding carboxylic acids is 1. The first-order valence-corrected chi connectivity index (χ1v) is 7.76. The molecule has 0 amide bonds. The number of hydrogen-bond acceptors (Lipinski definition) is 4. The predicted molar refractivity (Wildman–Crippen MR) is 79.5 cm³/mol. The zero-order valence-corrected chi connectivity index (χ0v) is 13.1. The van der Waals surface area contributed by atoms with Crippen LogP contribution in [0.3, 0.4) is 0 Å². The van der Waals surface area contributed by atoms with Gasteiger partial charge in [0.15, 0.2) is 11.6 Å². The van der Waals surface area contributed by atoms with Gasteiger partial charge in [-0.2, -0.15) is 0 Å². The molecule has 1 aliphatic carbocycles. The van der Waals surface area contributed by atoms with Crippen molar-refractivity contribution in [3.63, 3.8) is 0 Å². The number of rotatable bonds is 1. The van der Waals surface area contributed by atoms with E-state index in [4.69, 9.17) is 0 Å². The van der Waals surface area contributed by atoms with Gasteiger partial charge in [0.1, 0.15) is 0 Å². The standard InChI is InChI=1S/C14H13BrN2OS/c1-14(2)5-10-8(11(18)6-14)7-16-13(17-10)12-9(15)3-4-19-12/h3-4,7H,5-6H2,1-2H3. The molecule has 0 fully saturated rings. The summed E-state index contributed by atoms with van der Waals surface area (Å²) < 4.78 is 0.999. The van der Waals surface area contributed by atoms with Gasteiger partial charge in [0.25, 0.3) is 0 Å². The minimum absolute atomic E-state index is 0.0115. The van der Waals surface area contributed by atoms with E-state index in [1.807, 2.05) is 11.4 Å². The van der Waals surface area contributed by atoms with Crippen molar-refractivity contribution in [1.82, 2.24) is 9.97 Å². The molecule has 0 aliphatic heterocycles. The molecule has 0 radical (unpaired) electrons. The lowest BCUT2D eigenvalue weighted by molar-refractivity contribution is 0.0910. The Bertz CT molecular complexity index is 663. The molecule has 0 saturated heterocycles. The highest BCUT2D eigenvalue weighted by Crippen LogP contribution is 2.36. The van der Waals surface area contributed by atoms with Crippen molar-refractivity contribution < 1.29 is 4.79 Å². The second kappa shape index (κ2) is 4.49. The number of fused-ring (bicyclic) bond motifs is 1. The summed E-state index contributed by atoms with van der Waals surface area (Å²) >= 11 is 5.09. The Morgan fingerprint density at radius 1 is 1.37 bits per heavy atom.